The number of carbonyl (C=O) groups excluding carboxylic acids is 4. The molecule has 4 aromatic heterocycles. The maximum Gasteiger partial charge on any atom is 0.276 e. The number of amides is 4. The van der Waals surface area contributed by atoms with E-state index in [1.807, 2.05) is 19.1 Å². The summed E-state index contributed by atoms with van der Waals surface area (Å²) in [6.07, 6.45) is 5.92. The topological polar surface area (TPSA) is 259 Å². The number of carbonyl (C=O) groups is 4. The van der Waals surface area contributed by atoms with E-state index < -0.39 is 23.6 Å². The van der Waals surface area contributed by atoms with E-state index in [1.165, 1.54) is 30.1 Å². The van der Waals surface area contributed by atoms with Gasteiger partial charge in [0.2, 0.25) is 23.7 Å². The van der Waals surface area contributed by atoms with E-state index in [0.29, 0.717) is 76.8 Å². The van der Waals surface area contributed by atoms with Gasteiger partial charge in [-0.1, -0.05) is 12.2 Å². The molecule has 0 bridgehead atoms. The number of nitrogens with two attached hydrogens (primary N) is 2. The Morgan fingerprint density at radius 1 is 0.905 bits per heavy atom. The van der Waals surface area contributed by atoms with E-state index in [-0.39, 0.29) is 41.7 Å². The van der Waals surface area contributed by atoms with Crippen LogP contribution in [-0.4, -0.2) is 126 Å². The third-order valence-corrected chi connectivity index (χ3v) is 11.1. The number of morpholine rings is 1. The van der Waals surface area contributed by atoms with Gasteiger partial charge in [-0.05, 0) is 56.7 Å². The number of nitrogens with zero attached hydrogens (tertiary/aromatic N) is 9. The second-order valence-electron chi connectivity index (χ2n) is 15.5. The predicted octanol–water partition coefficient (Wildman–Crippen LogP) is 2.05. The van der Waals surface area contributed by atoms with Gasteiger partial charge in [-0.2, -0.15) is 10.2 Å². The number of nitrogens with one attached hydrogen (secondary N) is 3. The van der Waals surface area contributed by atoms with Gasteiger partial charge in [0.1, 0.15) is 39.5 Å². The average Bonchev–Trinajstić information content (AvgIpc) is 4.03. The largest absolute Gasteiger partial charge is 0.494 e. The van der Waals surface area contributed by atoms with Crippen molar-refractivity contribution in [2.24, 2.45) is 18.5 Å². The van der Waals surface area contributed by atoms with Crippen LogP contribution in [0, 0.1) is 6.92 Å². The molecule has 0 radical (unpaired) electrons. The number of likely N-dealkylation sites (tertiary alicyclic amines) is 1. The zero-order valence-corrected chi connectivity index (χ0v) is 35.5. The summed E-state index contributed by atoms with van der Waals surface area (Å²) in [6, 6.07) is 9.48. The molecule has 63 heavy (non-hydrogen) atoms. The first kappa shape index (κ1) is 42.6. The van der Waals surface area contributed by atoms with Crippen molar-refractivity contribution < 1.29 is 33.4 Å². The summed E-state index contributed by atoms with van der Waals surface area (Å²) in [6.45, 7) is 9.71. The van der Waals surface area contributed by atoms with E-state index in [4.69, 9.17) is 35.6 Å². The Balaban J connectivity index is 1.10. The molecule has 21 nitrogen and oxygen atoms in total. The highest BCUT2D eigenvalue weighted by molar-refractivity contribution is 6.05. The highest BCUT2D eigenvalue weighted by Crippen LogP contribution is 2.33. The Hall–Kier alpha value is -7.10. The fourth-order valence-corrected chi connectivity index (χ4v) is 8.12. The number of allylic oxidation sites excluding steroid dienone is 2. The molecule has 2 aromatic carbocycles. The van der Waals surface area contributed by atoms with Gasteiger partial charge < -0.3 is 40.1 Å². The monoisotopic (exact) mass is 862 g/mol. The van der Waals surface area contributed by atoms with Crippen molar-refractivity contribution in [1.82, 2.24) is 48.9 Å². The van der Waals surface area contributed by atoms with Crippen molar-refractivity contribution in [3.8, 4) is 11.5 Å². The summed E-state index contributed by atoms with van der Waals surface area (Å²) in [5.74, 6) is -1.16. The molecule has 2 saturated heterocycles. The summed E-state index contributed by atoms with van der Waals surface area (Å²) in [5.41, 5.74) is 14.8. The number of rotatable bonds is 17. The van der Waals surface area contributed by atoms with Crippen LogP contribution >= 0.6 is 0 Å². The molecule has 4 amide bonds. The van der Waals surface area contributed by atoms with Crippen LogP contribution in [0.1, 0.15) is 60.7 Å². The van der Waals surface area contributed by atoms with E-state index >= 15 is 0 Å². The van der Waals surface area contributed by atoms with E-state index in [1.54, 1.807) is 52.1 Å². The van der Waals surface area contributed by atoms with Gasteiger partial charge in [0.15, 0.2) is 0 Å². The molecule has 6 heterocycles. The molecule has 8 rings (SSSR count). The molecular weight excluding hydrogens is 813 g/mol. The van der Waals surface area contributed by atoms with Crippen LogP contribution in [0.15, 0.2) is 54.7 Å². The fraction of sp³-hybridized carbons (Fsp3) is 0.381. The number of anilines is 2. The van der Waals surface area contributed by atoms with Crippen molar-refractivity contribution in [2.45, 2.75) is 45.5 Å². The molecular formula is C42H50N14O7. The minimum Gasteiger partial charge on any atom is -0.494 e. The van der Waals surface area contributed by atoms with Gasteiger partial charge in [0.05, 0.1) is 37.1 Å². The lowest BCUT2D eigenvalue weighted by Crippen LogP contribution is -2.69. The van der Waals surface area contributed by atoms with Crippen LogP contribution in [-0.2, 0) is 31.4 Å². The van der Waals surface area contributed by atoms with Crippen molar-refractivity contribution >= 4 is 57.6 Å². The van der Waals surface area contributed by atoms with Gasteiger partial charge >= 0.3 is 0 Å². The molecule has 2 aliphatic heterocycles. The van der Waals surface area contributed by atoms with Crippen LogP contribution in [0.25, 0.3) is 22.1 Å². The smallest absolute Gasteiger partial charge is 0.276 e. The average molecular weight is 863 g/mol. The van der Waals surface area contributed by atoms with Crippen molar-refractivity contribution in [2.75, 3.05) is 63.7 Å². The number of ether oxygens (including phenoxy) is 3. The van der Waals surface area contributed by atoms with Crippen molar-refractivity contribution in [1.29, 1.82) is 0 Å². The first-order valence-corrected chi connectivity index (χ1v) is 20.6. The van der Waals surface area contributed by atoms with Gasteiger partial charge in [0, 0.05) is 76.7 Å². The molecule has 0 saturated carbocycles. The van der Waals surface area contributed by atoms with Crippen LogP contribution < -0.4 is 36.9 Å². The molecule has 0 unspecified atom stereocenters. The molecule has 7 N–H and O–H groups in total. The number of aromatic nitrogens is 8. The number of fused-ring (bicyclic) bond motifs is 2. The minimum absolute atomic E-state index is 0.128. The first-order chi connectivity index (χ1) is 30.4. The fourth-order valence-electron chi connectivity index (χ4n) is 8.12. The number of hydrogen-bond acceptors (Lipinski definition) is 13. The molecule has 2 aliphatic rings. The highest BCUT2D eigenvalue weighted by atomic mass is 16.5. The zero-order chi connectivity index (χ0) is 44.4. The predicted molar refractivity (Wildman–Crippen MR) is 232 cm³/mol. The maximum atomic E-state index is 13.7. The lowest BCUT2D eigenvalue weighted by Gasteiger charge is -2.51. The third-order valence-electron chi connectivity index (χ3n) is 11.1. The molecule has 0 atom stereocenters. The first-order valence-electron chi connectivity index (χ1n) is 20.6. The molecule has 1 spiro atoms. The zero-order valence-electron chi connectivity index (χ0n) is 35.5. The van der Waals surface area contributed by atoms with Gasteiger partial charge in [-0.25, -0.2) is 9.97 Å². The number of primary amides is 2. The molecule has 6 aromatic rings. The van der Waals surface area contributed by atoms with Gasteiger partial charge in [0.25, 0.3) is 11.8 Å². The van der Waals surface area contributed by atoms with E-state index in [9.17, 15) is 19.2 Å². The number of aryl methyl sites for hydroxylation is 3. The van der Waals surface area contributed by atoms with E-state index in [0.717, 1.165) is 32.7 Å². The quantitative estimate of drug-likeness (QED) is 0.0651. The maximum absolute atomic E-state index is 13.7. The minimum atomic E-state index is -0.667. The van der Waals surface area contributed by atoms with Crippen molar-refractivity contribution in [3.05, 3.63) is 83.0 Å². The Kier molecular flexibility index (Phi) is 12.0. The Labute approximate surface area is 361 Å². The van der Waals surface area contributed by atoms with Crippen LogP contribution in [0.3, 0.4) is 0 Å². The normalized spacial score (nSPS) is 15.0. The molecule has 330 valence electrons. The SMILES string of the molecule is CCn1nc(C)cc1C(=O)Nc1nc2cc(C(N)=O)cc(OC)c2n1C/C=C/Cn1c(NC(=O)c2ccnn2C)nc2cc(C(N)=O)cc(OCCCN3CC4(CNCCO4)C3)c21. The number of methoxy groups -OCH3 is 1. The third kappa shape index (κ3) is 8.70. The Morgan fingerprint density at radius 2 is 1.52 bits per heavy atom. The van der Waals surface area contributed by atoms with Crippen molar-refractivity contribution in [3.63, 3.8) is 0 Å². The summed E-state index contributed by atoms with van der Waals surface area (Å²) >= 11 is 0. The van der Waals surface area contributed by atoms with Crippen LogP contribution in [0.4, 0.5) is 11.9 Å². The van der Waals surface area contributed by atoms with Crippen LogP contribution in [0.5, 0.6) is 11.5 Å². The second kappa shape index (κ2) is 17.7. The second-order valence-corrected chi connectivity index (χ2v) is 15.5. The molecule has 21 heteroatoms. The number of hydrogen-bond donors (Lipinski definition) is 5. The molecule has 0 aliphatic carbocycles. The highest BCUT2D eigenvalue weighted by Gasteiger charge is 2.44. The number of imidazole rings is 2. The van der Waals surface area contributed by atoms with Gasteiger partial charge in [-0.3, -0.25) is 44.1 Å². The Morgan fingerprint density at radius 3 is 2.08 bits per heavy atom. The molecule has 2 fully saturated rings. The van der Waals surface area contributed by atoms with E-state index in [2.05, 4.69) is 31.0 Å². The standard InChI is InChI=1S/C42H50N14O7/c1-5-56-31(17-25(2)51-56)39(60)50-41-47-28-18-26(36(43)57)20-32(61-4)34(28)54(41)13-6-7-14-55-35-29(48-40(55)49-38(59)30-9-10-46-52(30)3)19-27(37(44)58)21-33(35)62-15-8-12-53-23-42(24-53)22-45-11-16-63-42/h6-7,9-10,17-21,45H,5,8,11-16,22-24H2,1-4H3,(H2,43,57)(H2,44,58)(H,47,50,60)(H,48,49,59)/b7-6+. The number of benzene rings is 2. The summed E-state index contributed by atoms with van der Waals surface area (Å²) in [4.78, 5) is 63.8. The summed E-state index contributed by atoms with van der Waals surface area (Å²) in [7, 11) is 3.12. The van der Waals surface area contributed by atoms with Crippen LogP contribution in [0.2, 0.25) is 0 Å². The lowest BCUT2D eigenvalue weighted by atomic mass is 9.92. The summed E-state index contributed by atoms with van der Waals surface area (Å²) < 4.78 is 24.7. The van der Waals surface area contributed by atoms with Gasteiger partial charge in [-0.15, -0.1) is 0 Å². The summed E-state index contributed by atoms with van der Waals surface area (Å²) in [5, 5.41) is 17.8. The Bertz CT molecular complexity index is 2750. The lowest BCUT2D eigenvalue weighted by molar-refractivity contribution is -0.156.